The third-order valence-electron chi connectivity index (χ3n) is 5.44. The molecule has 0 unspecified atom stereocenters. The van der Waals surface area contributed by atoms with E-state index in [1.54, 1.807) is 12.4 Å². The smallest absolute Gasteiger partial charge is 0.257 e. The number of nitrogens with zero attached hydrogens (tertiary/aromatic N) is 2. The second-order valence-corrected chi connectivity index (χ2v) is 7.21. The van der Waals surface area contributed by atoms with Crippen molar-refractivity contribution in [1.82, 2.24) is 9.88 Å². The molecule has 0 bridgehead atoms. The van der Waals surface area contributed by atoms with Gasteiger partial charge in [0.1, 0.15) is 22.9 Å². The number of ether oxygens (including phenoxy) is 2. The predicted octanol–water partition coefficient (Wildman–Crippen LogP) is 2.99. The van der Waals surface area contributed by atoms with Crippen LogP contribution in [0.2, 0.25) is 0 Å². The first-order chi connectivity index (χ1) is 12.6. The van der Waals surface area contributed by atoms with Crippen LogP contribution in [0, 0.1) is 19.8 Å². The molecule has 2 aromatic rings. The van der Waals surface area contributed by atoms with Crippen LogP contribution in [0.15, 0.2) is 35.0 Å². The lowest BCUT2D eigenvalue weighted by molar-refractivity contribution is -0.119. The minimum absolute atomic E-state index is 0.0332. The van der Waals surface area contributed by atoms with Crippen molar-refractivity contribution in [2.45, 2.75) is 32.3 Å². The number of carbonyl (C=O) groups excluding carboxylic acids is 1. The lowest BCUT2D eigenvalue weighted by atomic mass is 9.79. The number of aromatic nitrogens is 1. The molecule has 2 fully saturated rings. The molecule has 2 aromatic heterocycles. The highest BCUT2D eigenvalue weighted by Gasteiger charge is 2.54. The molecule has 6 heteroatoms. The molecule has 1 atom stereocenters. The molecular weight excluding hydrogens is 332 g/mol. The fourth-order valence-electron chi connectivity index (χ4n) is 4.05. The van der Waals surface area contributed by atoms with Gasteiger partial charge < -0.3 is 18.8 Å². The first kappa shape index (κ1) is 17.1. The summed E-state index contributed by atoms with van der Waals surface area (Å²) in [6, 6.07) is 5.59. The number of amides is 1. The molecule has 1 amide bonds. The number of rotatable bonds is 5. The van der Waals surface area contributed by atoms with Crippen LogP contribution in [-0.2, 0) is 4.74 Å². The highest BCUT2D eigenvalue weighted by Crippen LogP contribution is 2.42. The average molecular weight is 356 g/mol. The zero-order chi connectivity index (χ0) is 18.1. The molecular formula is C20H24N2O4. The van der Waals surface area contributed by atoms with Crippen molar-refractivity contribution < 1.29 is 18.7 Å². The van der Waals surface area contributed by atoms with Crippen molar-refractivity contribution in [1.29, 1.82) is 0 Å². The van der Waals surface area contributed by atoms with Crippen LogP contribution in [0.3, 0.4) is 0 Å². The lowest BCUT2D eigenvalue weighted by Crippen LogP contribution is -2.66. The summed E-state index contributed by atoms with van der Waals surface area (Å²) >= 11 is 0. The summed E-state index contributed by atoms with van der Waals surface area (Å²) in [6.07, 6.45) is 5.39. The number of hydrogen-bond acceptors (Lipinski definition) is 5. The van der Waals surface area contributed by atoms with E-state index in [1.807, 2.05) is 36.9 Å². The number of likely N-dealkylation sites (tertiary alicyclic amines) is 1. The summed E-state index contributed by atoms with van der Waals surface area (Å²) in [7, 11) is 0. The van der Waals surface area contributed by atoms with Gasteiger partial charge in [0.25, 0.3) is 5.91 Å². The molecule has 0 N–H and O–H groups in total. The first-order valence-corrected chi connectivity index (χ1v) is 9.10. The van der Waals surface area contributed by atoms with E-state index in [1.165, 1.54) is 0 Å². The van der Waals surface area contributed by atoms with E-state index >= 15 is 0 Å². The zero-order valence-electron chi connectivity index (χ0n) is 15.2. The van der Waals surface area contributed by atoms with Gasteiger partial charge >= 0.3 is 0 Å². The van der Waals surface area contributed by atoms with Crippen molar-refractivity contribution in [3.8, 4) is 5.75 Å². The molecule has 138 valence electrons. The average Bonchev–Trinajstić information content (AvgIpc) is 3.17. The molecule has 0 radical (unpaired) electrons. The van der Waals surface area contributed by atoms with Gasteiger partial charge in [0.2, 0.25) is 0 Å². The van der Waals surface area contributed by atoms with Gasteiger partial charge in [-0.05, 0) is 50.8 Å². The highest BCUT2D eigenvalue weighted by atomic mass is 16.5. The van der Waals surface area contributed by atoms with E-state index in [9.17, 15) is 4.79 Å². The van der Waals surface area contributed by atoms with Crippen LogP contribution in [0.25, 0.3) is 0 Å². The van der Waals surface area contributed by atoms with Gasteiger partial charge in [-0.3, -0.25) is 9.78 Å². The van der Waals surface area contributed by atoms with Crippen LogP contribution in [0.4, 0.5) is 0 Å². The fraction of sp³-hybridized carbons (Fsp3) is 0.500. The Morgan fingerprint density at radius 2 is 2.27 bits per heavy atom. The van der Waals surface area contributed by atoms with E-state index in [0.29, 0.717) is 36.9 Å². The number of pyridine rings is 1. The summed E-state index contributed by atoms with van der Waals surface area (Å²) in [5.74, 6) is 2.68. The molecule has 26 heavy (non-hydrogen) atoms. The van der Waals surface area contributed by atoms with Crippen molar-refractivity contribution in [3.63, 3.8) is 0 Å². The van der Waals surface area contributed by atoms with E-state index in [0.717, 1.165) is 31.0 Å². The minimum Gasteiger partial charge on any atom is -0.492 e. The molecule has 6 nitrogen and oxygen atoms in total. The molecule has 2 aliphatic rings. The highest BCUT2D eigenvalue weighted by molar-refractivity contribution is 5.96. The van der Waals surface area contributed by atoms with Crippen LogP contribution < -0.4 is 4.74 Å². The summed E-state index contributed by atoms with van der Waals surface area (Å²) in [5.41, 5.74) is 0.451. The molecule has 4 rings (SSSR count). The monoisotopic (exact) mass is 356 g/mol. The van der Waals surface area contributed by atoms with Gasteiger partial charge in [0.15, 0.2) is 0 Å². The number of hydrogen-bond donors (Lipinski definition) is 0. The molecule has 2 saturated heterocycles. The quantitative estimate of drug-likeness (QED) is 0.824. The Bertz CT molecular complexity index is 780. The lowest BCUT2D eigenvalue weighted by Gasteiger charge is -2.50. The maximum absolute atomic E-state index is 12.7. The van der Waals surface area contributed by atoms with Crippen molar-refractivity contribution in [2.24, 2.45) is 5.92 Å². The second-order valence-electron chi connectivity index (χ2n) is 7.21. The summed E-state index contributed by atoms with van der Waals surface area (Å²) < 4.78 is 17.3. The van der Waals surface area contributed by atoms with Crippen LogP contribution in [0.5, 0.6) is 5.75 Å². The Kier molecular flexibility index (Phi) is 4.44. The van der Waals surface area contributed by atoms with Gasteiger partial charge in [-0.2, -0.15) is 0 Å². The fourth-order valence-corrected chi connectivity index (χ4v) is 4.05. The molecule has 2 aliphatic heterocycles. The van der Waals surface area contributed by atoms with Gasteiger partial charge in [-0.25, -0.2) is 0 Å². The Labute approximate surface area is 153 Å². The van der Waals surface area contributed by atoms with Crippen molar-refractivity contribution in [3.05, 3.63) is 47.7 Å². The summed E-state index contributed by atoms with van der Waals surface area (Å²) in [4.78, 5) is 18.6. The number of furan rings is 1. The Morgan fingerprint density at radius 1 is 1.42 bits per heavy atom. The van der Waals surface area contributed by atoms with Crippen LogP contribution in [-0.4, -0.2) is 47.7 Å². The Balaban J connectivity index is 1.33. The Hall–Kier alpha value is -2.34. The van der Waals surface area contributed by atoms with Crippen LogP contribution >= 0.6 is 0 Å². The second kappa shape index (κ2) is 6.76. The largest absolute Gasteiger partial charge is 0.492 e. The first-order valence-electron chi connectivity index (χ1n) is 9.10. The molecule has 0 saturated carbocycles. The maximum Gasteiger partial charge on any atom is 0.257 e. The molecule has 0 aliphatic carbocycles. The molecule has 4 heterocycles. The number of carbonyl (C=O) groups is 1. The minimum atomic E-state index is -0.208. The summed E-state index contributed by atoms with van der Waals surface area (Å²) in [5, 5.41) is 0. The Morgan fingerprint density at radius 3 is 2.96 bits per heavy atom. The van der Waals surface area contributed by atoms with E-state index in [2.05, 4.69) is 4.98 Å². The van der Waals surface area contributed by atoms with Gasteiger partial charge in [0, 0.05) is 12.8 Å². The maximum atomic E-state index is 12.7. The topological polar surface area (TPSA) is 64.8 Å². The summed E-state index contributed by atoms with van der Waals surface area (Å²) in [6.45, 7) is 6.37. The molecule has 0 aromatic carbocycles. The van der Waals surface area contributed by atoms with E-state index < -0.39 is 0 Å². The SMILES string of the molecule is Cc1cc(C(=O)N2CC3(C2)OCC[C@H]3CCOc2cccnc2)c(C)o1. The zero-order valence-corrected chi connectivity index (χ0v) is 15.2. The van der Waals surface area contributed by atoms with Gasteiger partial charge in [-0.1, -0.05) is 0 Å². The molecule has 1 spiro atoms. The third kappa shape index (κ3) is 3.09. The van der Waals surface area contributed by atoms with Gasteiger partial charge in [0.05, 0.1) is 31.5 Å². The normalized spacial score (nSPS) is 21.0. The van der Waals surface area contributed by atoms with Crippen LogP contribution in [0.1, 0.15) is 34.7 Å². The van der Waals surface area contributed by atoms with E-state index in [-0.39, 0.29) is 11.5 Å². The third-order valence-corrected chi connectivity index (χ3v) is 5.44. The van der Waals surface area contributed by atoms with Crippen molar-refractivity contribution >= 4 is 5.91 Å². The standard InChI is InChI=1S/C20H24N2O4/c1-14-10-18(15(2)26-14)19(23)22-12-20(13-22)16(6-9-25-20)5-8-24-17-4-3-7-21-11-17/h3-4,7,10-11,16H,5-6,8-9,12-13H2,1-2H3/t16-/m1/s1. The number of aryl methyl sites for hydroxylation is 2. The predicted molar refractivity (Wildman–Crippen MR) is 95.2 cm³/mol. The van der Waals surface area contributed by atoms with E-state index in [4.69, 9.17) is 13.9 Å². The van der Waals surface area contributed by atoms with Gasteiger partial charge in [-0.15, -0.1) is 0 Å². The van der Waals surface area contributed by atoms with Crippen molar-refractivity contribution in [2.75, 3.05) is 26.3 Å².